The summed E-state index contributed by atoms with van der Waals surface area (Å²) in [6, 6.07) is 3.37. The first kappa shape index (κ1) is 16.2. The lowest BCUT2D eigenvalue weighted by atomic mass is 10.5. The van der Waals surface area contributed by atoms with Crippen LogP contribution in [0.4, 0.5) is 11.6 Å². The second-order valence-electron chi connectivity index (χ2n) is 4.25. The van der Waals surface area contributed by atoms with Gasteiger partial charge in [-0.05, 0) is 41.3 Å². The van der Waals surface area contributed by atoms with Crippen LogP contribution in [-0.2, 0) is 0 Å². The minimum absolute atomic E-state index is 0.239. The minimum atomic E-state index is -0.303. The van der Waals surface area contributed by atoms with Crippen molar-refractivity contribution in [2.75, 3.05) is 0 Å². The third-order valence-electron chi connectivity index (χ3n) is 2.64. The number of aromatic nitrogens is 8. The molecule has 4 aromatic rings. The first-order valence-corrected chi connectivity index (χ1v) is 6.66. The zero-order valence-corrected chi connectivity index (χ0v) is 12.8. The second-order valence-corrected chi connectivity index (χ2v) is 4.25. The Morgan fingerprint density at radius 1 is 0.571 bits per heavy atom. The van der Waals surface area contributed by atoms with E-state index >= 15 is 0 Å². The molecule has 4 rings (SSSR count). The first-order valence-electron chi connectivity index (χ1n) is 6.66. The van der Waals surface area contributed by atoms with Crippen molar-refractivity contribution in [3.63, 3.8) is 0 Å². The van der Waals surface area contributed by atoms with Crippen molar-refractivity contribution < 1.29 is 28.0 Å². The van der Waals surface area contributed by atoms with Gasteiger partial charge in [-0.3, -0.25) is 0 Å². The third kappa shape index (κ3) is 3.02. The summed E-state index contributed by atoms with van der Waals surface area (Å²) in [6.07, 6.45) is 0. The highest BCUT2D eigenvalue weighted by Crippen LogP contribution is 2.32. The second kappa shape index (κ2) is 6.93. The van der Waals surface area contributed by atoms with Crippen molar-refractivity contribution in [3.05, 3.63) is 11.4 Å². The maximum atomic E-state index is 8.84. The highest BCUT2D eigenvalue weighted by atomic mass is 16.6. The average Bonchev–Trinajstić information content (AvgIpc) is 3.49. The summed E-state index contributed by atoms with van der Waals surface area (Å²) in [4.78, 5) is 0. The smallest absolute Gasteiger partial charge is 0.311 e. The predicted octanol–water partition coefficient (Wildman–Crippen LogP) is 0.962. The van der Waals surface area contributed by atoms with Crippen molar-refractivity contribution in [1.82, 2.24) is 41.3 Å². The lowest BCUT2D eigenvalue weighted by molar-refractivity contribution is 0.272. The molecule has 18 nitrogen and oxygen atoms in total. The number of rotatable bonds is 6. The fraction of sp³-hybridized carbons (Fsp3) is 0. The molecule has 0 aliphatic carbocycles. The van der Waals surface area contributed by atoms with Crippen molar-refractivity contribution >= 4 is 11.6 Å². The monoisotopic (exact) mass is 384 g/mol. The molecule has 0 amide bonds. The van der Waals surface area contributed by atoms with Crippen LogP contribution < -0.4 is 9.47 Å². The number of hydrogen-bond acceptors (Lipinski definition) is 18. The fourth-order valence-corrected chi connectivity index (χ4v) is 1.51. The molecule has 0 spiro atoms. The molecule has 18 heteroatoms. The van der Waals surface area contributed by atoms with E-state index in [0.29, 0.717) is 0 Å². The van der Waals surface area contributed by atoms with E-state index in [4.69, 9.17) is 20.0 Å². The summed E-state index contributed by atoms with van der Waals surface area (Å²) in [5, 5.41) is 52.1. The molecular weight excluding hydrogens is 384 g/mol. The predicted molar refractivity (Wildman–Crippen MR) is 70.9 cm³/mol. The molecule has 28 heavy (non-hydrogen) atoms. The van der Waals surface area contributed by atoms with E-state index in [-0.39, 0.29) is 46.5 Å². The van der Waals surface area contributed by atoms with Crippen molar-refractivity contribution in [2.24, 2.45) is 10.2 Å². The molecule has 0 unspecified atom stereocenters. The molecule has 0 saturated heterocycles. The van der Waals surface area contributed by atoms with E-state index in [1.54, 1.807) is 12.1 Å². The molecule has 4 heterocycles. The lowest BCUT2D eigenvalue weighted by Gasteiger charge is -1.94. The van der Waals surface area contributed by atoms with Gasteiger partial charge in [-0.1, -0.05) is 0 Å². The number of nitriles is 2. The molecule has 0 atom stereocenters. The summed E-state index contributed by atoms with van der Waals surface area (Å²) >= 11 is 0. The number of nitrogens with zero attached hydrogens (tertiary/aromatic N) is 12. The van der Waals surface area contributed by atoms with E-state index < -0.39 is 0 Å². The molecule has 136 valence electrons. The zero-order valence-electron chi connectivity index (χ0n) is 12.8. The van der Waals surface area contributed by atoms with Crippen molar-refractivity contribution in [1.29, 1.82) is 10.5 Å². The SMILES string of the molecule is N#Cc1nonc1Oc1nonc1N=Nc1nonc1Oc1nonc1C#N. The van der Waals surface area contributed by atoms with Gasteiger partial charge in [0.05, 0.1) is 0 Å². The normalized spacial score (nSPS) is 10.6. The van der Waals surface area contributed by atoms with Crippen LogP contribution >= 0.6 is 0 Å². The Morgan fingerprint density at radius 2 is 0.964 bits per heavy atom. The molecular formula is C10N12O6. The van der Waals surface area contributed by atoms with Crippen LogP contribution in [-0.4, -0.2) is 41.3 Å². The van der Waals surface area contributed by atoms with Gasteiger partial charge in [0.2, 0.25) is 11.4 Å². The molecule has 0 aliphatic heterocycles. The van der Waals surface area contributed by atoms with Gasteiger partial charge in [-0.25, -0.2) is 18.5 Å². The number of ether oxygens (including phenoxy) is 2. The van der Waals surface area contributed by atoms with Crippen LogP contribution in [0.1, 0.15) is 11.4 Å². The lowest BCUT2D eigenvalue weighted by Crippen LogP contribution is -1.88. The van der Waals surface area contributed by atoms with Crippen LogP contribution in [0.15, 0.2) is 28.7 Å². The van der Waals surface area contributed by atoms with E-state index in [1.807, 2.05) is 0 Å². The molecule has 0 N–H and O–H groups in total. The summed E-state index contributed by atoms with van der Waals surface area (Å²) in [5.41, 5.74) is -0.478. The van der Waals surface area contributed by atoms with Gasteiger partial charge >= 0.3 is 23.5 Å². The van der Waals surface area contributed by atoms with Crippen molar-refractivity contribution in [2.45, 2.75) is 0 Å². The highest BCUT2D eigenvalue weighted by Gasteiger charge is 2.21. The molecule has 4 aromatic heterocycles. The Balaban J connectivity index is 1.54. The Labute approximate surface area is 149 Å². The number of hydrogen-bond donors (Lipinski definition) is 0. The van der Waals surface area contributed by atoms with Crippen molar-refractivity contribution in [3.8, 4) is 35.7 Å². The van der Waals surface area contributed by atoms with E-state index in [2.05, 4.69) is 70.0 Å². The Bertz CT molecular complexity index is 1130. The fourth-order valence-electron chi connectivity index (χ4n) is 1.51. The highest BCUT2D eigenvalue weighted by molar-refractivity contribution is 5.43. The van der Waals surface area contributed by atoms with Gasteiger partial charge in [0.1, 0.15) is 12.1 Å². The van der Waals surface area contributed by atoms with Gasteiger partial charge in [0, 0.05) is 0 Å². The maximum absolute atomic E-state index is 8.84. The molecule has 0 bridgehead atoms. The largest absolute Gasteiger partial charge is 0.409 e. The Morgan fingerprint density at radius 3 is 1.39 bits per heavy atom. The van der Waals surface area contributed by atoms with E-state index in [0.717, 1.165) is 0 Å². The minimum Gasteiger partial charge on any atom is -0.409 e. The quantitative estimate of drug-likeness (QED) is 0.419. The van der Waals surface area contributed by atoms with Crippen LogP contribution in [0.25, 0.3) is 0 Å². The molecule has 0 aromatic carbocycles. The van der Waals surface area contributed by atoms with Gasteiger partial charge in [0.25, 0.3) is 11.6 Å². The summed E-state index contributed by atoms with van der Waals surface area (Å²) in [6.45, 7) is 0. The Hall–Kier alpha value is -5.26. The third-order valence-corrected chi connectivity index (χ3v) is 2.64. The van der Waals surface area contributed by atoms with Crippen LogP contribution in [0.5, 0.6) is 23.5 Å². The summed E-state index contributed by atoms with van der Waals surface area (Å²) in [7, 11) is 0. The molecule has 0 aliphatic rings. The van der Waals surface area contributed by atoms with E-state index in [9.17, 15) is 0 Å². The van der Waals surface area contributed by atoms with Crippen LogP contribution in [0.2, 0.25) is 0 Å². The topological polar surface area (TPSA) is 246 Å². The summed E-state index contributed by atoms with van der Waals surface area (Å²) < 4.78 is 28.0. The van der Waals surface area contributed by atoms with Crippen LogP contribution in [0, 0.1) is 22.7 Å². The van der Waals surface area contributed by atoms with Gasteiger partial charge < -0.3 is 9.47 Å². The van der Waals surface area contributed by atoms with Gasteiger partial charge in [-0.15, -0.1) is 10.2 Å². The maximum Gasteiger partial charge on any atom is 0.311 e. The summed E-state index contributed by atoms with van der Waals surface area (Å²) in [5.74, 6) is -1.71. The number of azo groups is 1. The standard InChI is InChI=1S/C10N12O6/c11-1-3-7(19-25-15-3)23-9-5(17-27-21-9)13-14-6-10(22-28-18-6)24-8-4(2-12)16-26-20-8. The zero-order chi connectivity index (χ0) is 19.3. The van der Waals surface area contributed by atoms with Gasteiger partial charge in [-0.2, -0.15) is 10.5 Å². The molecule has 0 saturated carbocycles. The molecule has 0 radical (unpaired) electrons. The van der Waals surface area contributed by atoms with Crippen LogP contribution in [0.3, 0.4) is 0 Å². The average molecular weight is 384 g/mol. The van der Waals surface area contributed by atoms with E-state index in [1.165, 1.54) is 0 Å². The molecule has 0 fully saturated rings. The Kier molecular flexibility index (Phi) is 4.01. The van der Waals surface area contributed by atoms with Gasteiger partial charge in [0.15, 0.2) is 0 Å². The first-order chi connectivity index (χ1) is 13.8.